The molecule has 3 N–H and O–H groups in total. The lowest BCUT2D eigenvalue weighted by Crippen LogP contribution is -2.56. The van der Waals surface area contributed by atoms with Crippen molar-refractivity contribution in [2.24, 2.45) is 5.92 Å². The van der Waals surface area contributed by atoms with E-state index in [9.17, 15) is 19.2 Å². The molecule has 1 aliphatic heterocycles. The normalized spacial score (nSPS) is 20.2. The Labute approximate surface area is 186 Å². The number of Topliss-reactive ketones (excluding diaryl/α,β-unsaturated/α-hetero) is 1. The molecule has 2 rings (SSSR count). The number of nitrogens with one attached hydrogen (secondary N) is 3. The number of amides is 3. The van der Waals surface area contributed by atoms with Crippen LogP contribution in [0.4, 0.5) is 0 Å². The summed E-state index contributed by atoms with van der Waals surface area (Å²) in [5, 5.41) is 11.4. The number of epoxide rings is 1. The van der Waals surface area contributed by atoms with Crippen LogP contribution >= 0.6 is 0 Å². The number of rotatable bonds is 12. The maximum atomic E-state index is 12.7. The van der Waals surface area contributed by atoms with Gasteiger partial charge in [0.25, 0.3) is 5.91 Å². The number of carbonyl (C=O) groups is 4. The number of aryl methyl sites for hydroxylation is 1. The maximum absolute atomic E-state index is 12.7. The lowest BCUT2D eigenvalue weighted by Gasteiger charge is -2.24. The van der Waals surface area contributed by atoms with Crippen molar-refractivity contribution in [3.63, 3.8) is 0 Å². The van der Waals surface area contributed by atoms with Crippen molar-refractivity contribution < 1.29 is 33.2 Å². The first-order valence-corrected chi connectivity index (χ1v) is 10.5. The minimum atomic E-state index is -1.06. The molecule has 11 heteroatoms. The minimum absolute atomic E-state index is 0.0213. The molecule has 0 aliphatic carbocycles. The molecular formula is C21H32N4O7. The monoisotopic (exact) mass is 452 g/mol. The molecule has 0 aromatic carbocycles. The Bertz CT molecular complexity index is 847. The fraction of sp³-hybridized carbons (Fsp3) is 0.667. The van der Waals surface area contributed by atoms with Crippen molar-refractivity contribution >= 4 is 23.5 Å². The van der Waals surface area contributed by atoms with E-state index >= 15 is 0 Å². The minimum Gasteiger partial charge on any atom is -0.382 e. The third-order valence-electron chi connectivity index (χ3n) is 5.01. The molecule has 0 spiro atoms. The summed E-state index contributed by atoms with van der Waals surface area (Å²) in [5.41, 5.74) is -0.847. The fourth-order valence-corrected chi connectivity index (χ4v) is 3.05. The van der Waals surface area contributed by atoms with E-state index in [2.05, 4.69) is 21.1 Å². The number of ketones is 1. The third-order valence-corrected chi connectivity index (χ3v) is 5.01. The number of hydrogen-bond donors (Lipinski definition) is 3. The lowest BCUT2D eigenvalue weighted by atomic mass is 9.93. The van der Waals surface area contributed by atoms with Gasteiger partial charge in [0.1, 0.15) is 23.4 Å². The molecule has 1 fully saturated rings. The number of nitrogens with zero attached hydrogens (tertiary/aromatic N) is 1. The van der Waals surface area contributed by atoms with Gasteiger partial charge in [-0.1, -0.05) is 19.0 Å². The summed E-state index contributed by atoms with van der Waals surface area (Å²) in [4.78, 5) is 50.3. The molecule has 32 heavy (non-hydrogen) atoms. The summed E-state index contributed by atoms with van der Waals surface area (Å²) in [6, 6.07) is -1.31. The SMILES string of the molecule is COCC(NC(=O)c1cc(C)on1)C(=O)N[C@@H](C)C(=O)NC(CC(C)C)C(=O)C1(C)CO1. The van der Waals surface area contributed by atoms with Crippen LogP contribution in [0.1, 0.15) is 50.4 Å². The smallest absolute Gasteiger partial charge is 0.274 e. The van der Waals surface area contributed by atoms with Crippen LogP contribution in [0.5, 0.6) is 0 Å². The number of hydrogen-bond acceptors (Lipinski definition) is 8. The topological polar surface area (TPSA) is 152 Å². The molecule has 11 nitrogen and oxygen atoms in total. The molecule has 178 valence electrons. The van der Waals surface area contributed by atoms with E-state index < -0.39 is 41.4 Å². The molecule has 1 aliphatic rings. The van der Waals surface area contributed by atoms with E-state index in [1.54, 1.807) is 13.8 Å². The molecule has 1 aromatic heterocycles. The third kappa shape index (κ3) is 6.86. The van der Waals surface area contributed by atoms with Gasteiger partial charge in [0.2, 0.25) is 11.8 Å². The van der Waals surface area contributed by atoms with Crippen LogP contribution in [-0.4, -0.2) is 72.7 Å². The van der Waals surface area contributed by atoms with Gasteiger partial charge in [-0.05, 0) is 33.1 Å². The molecule has 1 saturated heterocycles. The molecule has 0 bridgehead atoms. The van der Waals surface area contributed by atoms with Crippen molar-refractivity contribution in [2.45, 2.75) is 64.8 Å². The van der Waals surface area contributed by atoms with Gasteiger partial charge in [0, 0.05) is 13.2 Å². The van der Waals surface area contributed by atoms with Crippen LogP contribution in [0.2, 0.25) is 0 Å². The predicted molar refractivity (Wildman–Crippen MR) is 113 cm³/mol. The van der Waals surface area contributed by atoms with Crippen molar-refractivity contribution in [1.29, 1.82) is 0 Å². The Morgan fingerprint density at radius 3 is 2.28 bits per heavy atom. The summed E-state index contributed by atoms with van der Waals surface area (Å²) in [5.74, 6) is -1.33. The van der Waals surface area contributed by atoms with Crippen molar-refractivity contribution in [1.82, 2.24) is 21.1 Å². The summed E-state index contributed by atoms with van der Waals surface area (Å²) in [6.45, 7) is 8.92. The van der Waals surface area contributed by atoms with Gasteiger partial charge in [-0.3, -0.25) is 19.2 Å². The average molecular weight is 453 g/mol. The molecule has 0 radical (unpaired) electrons. The second kappa shape index (κ2) is 10.7. The molecule has 3 unspecified atom stereocenters. The van der Waals surface area contributed by atoms with E-state index in [4.69, 9.17) is 14.0 Å². The largest absolute Gasteiger partial charge is 0.382 e. The average Bonchev–Trinajstić information content (AvgIpc) is 3.32. The highest BCUT2D eigenvalue weighted by atomic mass is 16.6. The predicted octanol–water partition coefficient (Wildman–Crippen LogP) is 0.121. The highest BCUT2D eigenvalue weighted by Crippen LogP contribution is 2.29. The van der Waals surface area contributed by atoms with Crippen LogP contribution in [0.15, 0.2) is 10.6 Å². The first kappa shape index (κ1) is 25.5. The van der Waals surface area contributed by atoms with Crippen LogP contribution in [0, 0.1) is 12.8 Å². The van der Waals surface area contributed by atoms with Crippen LogP contribution in [0.3, 0.4) is 0 Å². The Balaban J connectivity index is 1.98. The zero-order valence-corrected chi connectivity index (χ0v) is 19.3. The number of carbonyl (C=O) groups excluding carboxylic acids is 4. The van der Waals surface area contributed by atoms with Crippen LogP contribution in [0.25, 0.3) is 0 Å². The van der Waals surface area contributed by atoms with Gasteiger partial charge < -0.3 is 29.9 Å². The Kier molecular flexibility index (Phi) is 8.51. The summed E-state index contributed by atoms with van der Waals surface area (Å²) in [7, 11) is 1.38. The Morgan fingerprint density at radius 2 is 1.78 bits per heavy atom. The zero-order valence-electron chi connectivity index (χ0n) is 19.3. The standard InChI is InChI=1S/C21H32N4O7/c1-11(2)7-14(17(26)21(5)10-31-21)23-18(27)13(4)22-20(29)16(9-30-6)24-19(28)15-8-12(3)32-25-15/h8,11,13-14,16H,7,9-10H2,1-6H3,(H,22,29)(H,23,27)(H,24,28)/t13-,14?,16?,21?/m0/s1. The summed E-state index contributed by atoms with van der Waals surface area (Å²) >= 11 is 0. The molecule has 0 saturated carbocycles. The second-order valence-corrected chi connectivity index (χ2v) is 8.61. The fourth-order valence-electron chi connectivity index (χ4n) is 3.05. The zero-order chi connectivity index (χ0) is 24.1. The molecule has 2 heterocycles. The molecular weight excluding hydrogens is 420 g/mol. The first-order valence-electron chi connectivity index (χ1n) is 10.5. The van der Waals surface area contributed by atoms with Gasteiger partial charge >= 0.3 is 0 Å². The van der Waals surface area contributed by atoms with Crippen molar-refractivity contribution in [2.75, 3.05) is 20.3 Å². The van der Waals surface area contributed by atoms with E-state index in [-0.39, 0.29) is 24.0 Å². The van der Waals surface area contributed by atoms with Crippen molar-refractivity contribution in [3.05, 3.63) is 17.5 Å². The van der Waals surface area contributed by atoms with Gasteiger partial charge in [-0.25, -0.2) is 0 Å². The van der Waals surface area contributed by atoms with E-state index in [1.165, 1.54) is 20.1 Å². The van der Waals surface area contributed by atoms with Gasteiger partial charge in [0.05, 0.1) is 19.3 Å². The van der Waals surface area contributed by atoms with Gasteiger partial charge in [0.15, 0.2) is 11.5 Å². The molecule has 3 amide bonds. The Hall–Kier alpha value is -2.79. The summed E-state index contributed by atoms with van der Waals surface area (Å²) in [6.07, 6.45) is 0.448. The van der Waals surface area contributed by atoms with E-state index in [0.717, 1.165) is 0 Å². The van der Waals surface area contributed by atoms with E-state index in [1.807, 2.05) is 13.8 Å². The van der Waals surface area contributed by atoms with Crippen LogP contribution in [-0.2, 0) is 23.9 Å². The molecule has 4 atom stereocenters. The van der Waals surface area contributed by atoms with E-state index in [0.29, 0.717) is 18.8 Å². The van der Waals surface area contributed by atoms with Gasteiger partial charge in [-0.2, -0.15) is 0 Å². The maximum Gasteiger partial charge on any atom is 0.274 e. The molecule has 1 aromatic rings. The quantitative estimate of drug-likeness (QED) is 0.378. The highest BCUT2D eigenvalue weighted by Gasteiger charge is 2.50. The van der Waals surface area contributed by atoms with Gasteiger partial charge in [-0.15, -0.1) is 0 Å². The first-order chi connectivity index (χ1) is 15.0. The summed E-state index contributed by atoms with van der Waals surface area (Å²) < 4.78 is 15.1. The Morgan fingerprint density at radius 1 is 1.12 bits per heavy atom. The van der Waals surface area contributed by atoms with Crippen LogP contribution < -0.4 is 16.0 Å². The second-order valence-electron chi connectivity index (χ2n) is 8.61. The number of aromatic nitrogens is 1. The van der Waals surface area contributed by atoms with Crippen molar-refractivity contribution in [3.8, 4) is 0 Å². The number of methoxy groups -OCH3 is 1. The highest BCUT2D eigenvalue weighted by molar-refractivity contribution is 5.99. The number of ether oxygens (including phenoxy) is 2. The lowest BCUT2D eigenvalue weighted by molar-refractivity contribution is -0.133.